The lowest BCUT2D eigenvalue weighted by atomic mass is 9.95. The number of nitrogens with one attached hydrogen (secondary N) is 1. The van der Waals surface area contributed by atoms with Crippen molar-refractivity contribution in [2.24, 2.45) is 11.8 Å². The molecule has 0 unspecified atom stereocenters. The topological polar surface area (TPSA) is 52.7 Å². The Morgan fingerprint density at radius 2 is 1.96 bits per heavy atom. The van der Waals surface area contributed by atoms with Crippen molar-refractivity contribution >= 4 is 50.3 Å². The molecule has 3 aliphatic rings. The molecule has 3 atom stereocenters. The van der Waals surface area contributed by atoms with E-state index in [-0.39, 0.29) is 0 Å². The third-order valence-corrected chi connectivity index (χ3v) is 9.69. The molecule has 1 N–H and O–H groups in total. The summed E-state index contributed by atoms with van der Waals surface area (Å²) in [7, 11) is -3.44. The summed E-state index contributed by atoms with van der Waals surface area (Å²) < 4.78 is 27.6. The van der Waals surface area contributed by atoms with Gasteiger partial charge in [-0.3, -0.25) is 0 Å². The van der Waals surface area contributed by atoms with Crippen molar-refractivity contribution in [2.75, 3.05) is 26.2 Å². The molecule has 0 amide bonds. The molecular weight excluding hydrogens is 398 g/mol. The van der Waals surface area contributed by atoms with Crippen LogP contribution in [0.3, 0.4) is 0 Å². The Bertz CT molecular complexity index is 758. The van der Waals surface area contributed by atoms with Crippen LogP contribution in [0.15, 0.2) is 16.3 Å². The van der Waals surface area contributed by atoms with Crippen LogP contribution in [0.5, 0.6) is 0 Å². The third kappa shape index (κ3) is 3.56. The Labute approximate surface area is 163 Å². The van der Waals surface area contributed by atoms with Gasteiger partial charge in [-0.15, -0.1) is 11.3 Å². The molecule has 138 valence electrons. The highest BCUT2D eigenvalue weighted by Gasteiger charge is 2.40. The average molecular weight is 420 g/mol. The minimum Gasteiger partial charge on any atom is -0.360 e. The van der Waals surface area contributed by atoms with Crippen LogP contribution in [-0.2, 0) is 10.0 Å². The number of sulfonamides is 1. The number of thiophene rings is 1. The fourth-order valence-electron chi connectivity index (χ4n) is 4.37. The predicted molar refractivity (Wildman–Crippen MR) is 105 cm³/mol. The maximum atomic E-state index is 12.7. The maximum Gasteiger partial charge on any atom is 0.252 e. The highest BCUT2D eigenvalue weighted by Crippen LogP contribution is 2.44. The molecule has 2 heterocycles. The Morgan fingerprint density at radius 3 is 2.52 bits per heavy atom. The molecule has 0 spiro atoms. The first-order chi connectivity index (χ1) is 11.9. The summed E-state index contributed by atoms with van der Waals surface area (Å²) in [5.41, 5.74) is 0. The first kappa shape index (κ1) is 18.0. The molecule has 5 nitrogen and oxygen atoms in total. The molecule has 1 aliphatic heterocycles. The molecule has 0 aromatic carbocycles. The van der Waals surface area contributed by atoms with E-state index in [2.05, 4.69) is 10.2 Å². The van der Waals surface area contributed by atoms with Crippen LogP contribution in [0.1, 0.15) is 25.7 Å². The second kappa shape index (κ2) is 6.96. The number of hydrogen-bond acceptors (Lipinski definition) is 4. The van der Waals surface area contributed by atoms with E-state index in [1.54, 1.807) is 12.1 Å². The fraction of sp³-hybridized carbons (Fsp3) is 0.688. The fourth-order valence-corrected chi connectivity index (χ4v) is 7.76. The second-order valence-electron chi connectivity index (χ2n) is 7.18. The minimum atomic E-state index is -3.44. The standard InChI is InChI=1S/C16H22ClN3O2S3/c17-14-3-4-15(24-14)25(21,22)20-7-5-19(6-8-20)16(23)18-13-10-11-1-2-12(13)9-11/h3-4,11-13H,1-2,5-10H2,(H,18,23)/t11-,12+,13+/m0/s1. The van der Waals surface area contributed by atoms with Crippen LogP contribution in [0.2, 0.25) is 4.34 Å². The van der Waals surface area contributed by atoms with E-state index in [0.717, 1.165) is 28.3 Å². The Hall–Kier alpha value is -0.410. The summed E-state index contributed by atoms with van der Waals surface area (Å²) in [6.07, 6.45) is 5.27. The number of nitrogens with zero attached hydrogens (tertiary/aromatic N) is 2. The summed E-state index contributed by atoms with van der Waals surface area (Å²) in [6.45, 7) is 2.17. The van der Waals surface area contributed by atoms with Crippen molar-refractivity contribution in [1.82, 2.24) is 14.5 Å². The summed E-state index contributed by atoms with van der Waals surface area (Å²) in [5.74, 6) is 1.65. The van der Waals surface area contributed by atoms with E-state index in [1.165, 1.54) is 30.0 Å². The number of halogens is 1. The predicted octanol–water partition coefficient (Wildman–Crippen LogP) is 2.77. The maximum absolute atomic E-state index is 12.7. The second-order valence-corrected chi connectivity index (χ2v) is 11.4. The van der Waals surface area contributed by atoms with Crippen LogP contribution in [-0.4, -0.2) is 55.0 Å². The third-order valence-electron chi connectivity index (χ3n) is 5.72. The molecule has 2 bridgehead atoms. The number of hydrogen-bond donors (Lipinski definition) is 1. The zero-order valence-corrected chi connectivity index (χ0v) is 17.1. The zero-order valence-electron chi connectivity index (χ0n) is 13.9. The Morgan fingerprint density at radius 1 is 1.20 bits per heavy atom. The van der Waals surface area contributed by atoms with Gasteiger partial charge < -0.3 is 10.2 Å². The van der Waals surface area contributed by atoms with Gasteiger partial charge in [0, 0.05) is 32.2 Å². The smallest absolute Gasteiger partial charge is 0.252 e. The number of piperazine rings is 1. The molecule has 3 fully saturated rings. The lowest BCUT2D eigenvalue weighted by molar-refractivity contribution is 0.259. The summed E-state index contributed by atoms with van der Waals surface area (Å²) in [4.78, 5) is 2.11. The normalized spacial score (nSPS) is 30.0. The first-order valence-electron chi connectivity index (χ1n) is 8.74. The molecule has 0 radical (unpaired) electrons. The quantitative estimate of drug-likeness (QED) is 0.763. The Kier molecular flexibility index (Phi) is 5.00. The van der Waals surface area contributed by atoms with Gasteiger partial charge in [0.2, 0.25) is 0 Å². The highest BCUT2D eigenvalue weighted by molar-refractivity contribution is 7.91. The molecule has 2 saturated carbocycles. The van der Waals surface area contributed by atoms with Gasteiger partial charge in [0.25, 0.3) is 10.0 Å². The van der Waals surface area contributed by atoms with Crippen LogP contribution in [0.25, 0.3) is 0 Å². The van der Waals surface area contributed by atoms with E-state index in [4.69, 9.17) is 23.8 Å². The van der Waals surface area contributed by atoms with Crippen molar-refractivity contribution in [3.63, 3.8) is 0 Å². The number of fused-ring (bicyclic) bond motifs is 2. The van der Waals surface area contributed by atoms with Crippen LogP contribution < -0.4 is 5.32 Å². The number of thiocarbonyl (C=S) groups is 1. The molecule has 2 aliphatic carbocycles. The van der Waals surface area contributed by atoms with E-state index < -0.39 is 10.0 Å². The summed E-state index contributed by atoms with van der Waals surface area (Å²) in [6, 6.07) is 3.72. The molecule has 1 saturated heterocycles. The SMILES string of the molecule is O=S(=O)(c1ccc(Cl)s1)N1CCN(C(=S)N[C@@H]2C[C@H]3CC[C@@H]2C3)CC1. The van der Waals surface area contributed by atoms with Gasteiger partial charge in [-0.05, 0) is 55.4 Å². The largest absolute Gasteiger partial charge is 0.360 e. The van der Waals surface area contributed by atoms with Gasteiger partial charge >= 0.3 is 0 Å². The molecule has 9 heteroatoms. The van der Waals surface area contributed by atoms with Crippen molar-refractivity contribution in [3.8, 4) is 0 Å². The molecule has 25 heavy (non-hydrogen) atoms. The van der Waals surface area contributed by atoms with Crippen molar-refractivity contribution in [3.05, 3.63) is 16.5 Å². The van der Waals surface area contributed by atoms with E-state index >= 15 is 0 Å². The van der Waals surface area contributed by atoms with Crippen LogP contribution in [0.4, 0.5) is 0 Å². The van der Waals surface area contributed by atoms with Crippen molar-refractivity contribution in [1.29, 1.82) is 0 Å². The Balaban J connectivity index is 1.33. The van der Waals surface area contributed by atoms with Crippen LogP contribution in [0, 0.1) is 11.8 Å². The molecule has 4 rings (SSSR count). The summed E-state index contributed by atoms with van der Waals surface area (Å²) in [5, 5.41) is 4.33. The van der Waals surface area contributed by atoms with Gasteiger partial charge in [-0.2, -0.15) is 4.31 Å². The molecule has 1 aromatic heterocycles. The lowest BCUT2D eigenvalue weighted by Crippen LogP contribution is -2.54. The zero-order chi connectivity index (χ0) is 17.6. The first-order valence-corrected chi connectivity index (χ1v) is 11.8. The van der Waals surface area contributed by atoms with E-state index in [9.17, 15) is 8.42 Å². The summed E-state index contributed by atoms with van der Waals surface area (Å²) >= 11 is 12.6. The van der Waals surface area contributed by atoms with Gasteiger partial charge in [-0.25, -0.2) is 8.42 Å². The minimum absolute atomic E-state index is 0.314. The van der Waals surface area contributed by atoms with Gasteiger partial charge in [-0.1, -0.05) is 18.0 Å². The van der Waals surface area contributed by atoms with Gasteiger partial charge in [0.05, 0.1) is 4.34 Å². The monoisotopic (exact) mass is 419 g/mol. The molecular formula is C16H22ClN3O2S3. The van der Waals surface area contributed by atoms with Crippen molar-refractivity contribution in [2.45, 2.75) is 35.9 Å². The number of rotatable bonds is 3. The van der Waals surface area contributed by atoms with Crippen molar-refractivity contribution < 1.29 is 8.42 Å². The highest BCUT2D eigenvalue weighted by atomic mass is 35.5. The van der Waals surface area contributed by atoms with Crippen LogP contribution >= 0.6 is 35.2 Å². The van der Waals surface area contributed by atoms with Gasteiger partial charge in [0.15, 0.2) is 5.11 Å². The average Bonchev–Trinajstić information content (AvgIpc) is 3.32. The lowest BCUT2D eigenvalue weighted by Gasteiger charge is -2.37. The van der Waals surface area contributed by atoms with E-state index in [1.807, 2.05) is 0 Å². The molecule has 1 aromatic rings. The van der Waals surface area contributed by atoms with E-state index in [0.29, 0.717) is 40.8 Å². The van der Waals surface area contributed by atoms with Gasteiger partial charge in [0.1, 0.15) is 4.21 Å².